The van der Waals surface area contributed by atoms with E-state index in [-0.39, 0.29) is 11.7 Å². The van der Waals surface area contributed by atoms with Crippen LogP contribution in [0.4, 0.5) is 5.69 Å². The van der Waals surface area contributed by atoms with Crippen molar-refractivity contribution >= 4 is 29.0 Å². The van der Waals surface area contributed by atoms with Gasteiger partial charge in [0.1, 0.15) is 5.60 Å². The summed E-state index contributed by atoms with van der Waals surface area (Å²) in [5.41, 5.74) is 5.54. The number of nitrogens with one attached hydrogen (secondary N) is 1. The second-order valence-corrected chi connectivity index (χ2v) is 5.22. The van der Waals surface area contributed by atoms with Gasteiger partial charge >= 0.3 is 0 Å². The van der Waals surface area contributed by atoms with Gasteiger partial charge in [0.2, 0.25) is 0 Å². The molecule has 1 unspecified atom stereocenters. The van der Waals surface area contributed by atoms with Gasteiger partial charge in [-0.3, -0.25) is 4.79 Å². The molecule has 20 heavy (non-hydrogen) atoms. The molecule has 6 nitrogen and oxygen atoms in total. The molecule has 1 atom stereocenters. The molecule has 1 saturated heterocycles. The third-order valence-electron chi connectivity index (χ3n) is 3.32. The molecular formula is C13H16ClN3O3. The molecule has 1 heterocycles. The van der Waals surface area contributed by atoms with Gasteiger partial charge in [0.25, 0.3) is 5.91 Å². The number of nitrogens with two attached hydrogens (primary N) is 1. The topological polar surface area (TPSA) is 96.9 Å². The lowest BCUT2D eigenvalue weighted by molar-refractivity contribution is -0.133. The number of ether oxygens (including phenoxy) is 1. The van der Waals surface area contributed by atoms with Crippen LogP contribution in [0.25, 0.3) is 0 Å². The minimum absolute atomic E-state index is 0.0551. The molecule has 0 aliphatic carbocycles. The van der Waals surface area contributed by atoms with Crippen molar-refractivity contribution in [2.75, 3.05) is 11.9 Å². The van der Waals surface area contributed by atoms with Crippen molar-refractivity contribution in [2.45, 2.75) is 25.4 Å². The zero-order valence-corrected chi connectivity index (χ0v) is 11.8. The Labute approximate surface area is 121 Å². The number of carbonyl (C=O) groups excluding carboxylic acids is 1. The number of hydrogen-bond acceptors (Lipinski definition) is 4. The first-order chi connectivity index (χ1) is 9.46. The number of amides is 1. The van der Waals surface area contributed by atoms with Crippen LogP contribution >= 0.6 is 11.6 Å². The summed E-state index contributed by atoms with van der Waals surface area (Å²) in [7, 11) is 0. The molecule has 1 aromatic rings. The Hall–Kier alpha value is -1.79. The van der Waals surface area contributed by atoms with Gasteiger partial charge in [-0.15, -0.1) is 0 Å². The minimum atomic E-state index is -0.837. The highest BCUT2D eigenvalue weighted by Gasteiger charge is 2.37. The Morgan fingerprint density at radius 3 is 2.95 bits per heavy atom. The van der Waals surface area contributed by atoms with E-state index in [0.717, 1.165) is 6.42 Å². The lowest BCUT2D eigenvalue weighted by atomic mass is 10.0. The summed E-state index contributed by atoms with van der Waals surface area (Å²) in [6.07, 6.45) is 1.51. The summed E-state index contributed by atoms with van der Waals surface area (Å²) in [5, 5.41) is 14.7. The number of benzene rings is 1. The van der Waals surface area contributed by atoms with Crippen LogP contribution in [0.2, 0.25) is 5.02 Å². The second-order valence-electron chi connectivity index (χ2n) is 4.82. The van der Waals surface area contributed by atoms with Crippen LogP contribution in [-0.2, 0) is 9.53 Å². The van der Waals surface area contributed by atoms with E-state index in [1.165, 1.54) is 0 Å². The van der Waals surface area contributed by atoms with Crippen LogP contribution in [0.3, 0.4) is 0 Å². The smallest absolute Gasteiger partial charge is 0.256 e. The van der Waals surface area contributed by atoms with E-state index in [1.54, 1.807) is 25.1 Å². The molecule has 7 heteroatoms. The molecule has 1 fully saturated rings. The first-order valence-electron chi connectivity index (χ1n) is 6.19. The molecule has 0 saturated carbocycles. The summed E-state index contributed by atoms with van der Waals surface area (Å²) < 4.78 is 5.47. The van der Waals surface area contributed by atoms with Crippen LogP contribution in [0.15, 0.2) is 23.4 Å². The summed E-state index contributed by atoms with van der Waals surface area (Å²) in [6.45, 7) is 2.32. The van der Waals surface area contributed by atoms with Gasteiger partial charge < -0.3 is 21.0 Å². The average Bonchev–Trinajstić information content (AvgIpc) is 2.88. The van der Waals surface area contributed by atoms with Crippen molar-refractivity contribution in [3.63, 3.8) is 0 Å². The number of halogens is 1. The molecule has 0 spiro atoms. The Morgan fingerprint density at radius 2 is 2.35 bits per heavy atom. The molecule has 1 aliphatic heterocycles. The summed E-state index contributed by atoms with van der Waals surface area (Å²) in [5.74, 6) is -0.311. The van der Waals surface area contributed by atoms with Gasteiger partial charge in [-0.1, -0.05) is 16.8 Å². The van der Waals surface area contributed by atoms with Crippen molar-refractivity contribution in [3.05, 3.63) is 28.8 Å². The first-order valence-corrected chi connectivity index (χ1v) is 6.57. The highest BCUT2D eigenvalue weighted by Crippen LogP contribution is 2.29. The molecule has 1 aromatic carbocycles. The van der Waals surface area contributed by atoms with E-state index >= 15 is 0 Å². The van der Waals surface area contributed by atoms with Crippen LogP contribution in [0.1, 0.15) is 25.3 Å². The molecule has 108 valence electrons. The first kappa shape index (κ1) is 14.6. The van der Waals surface area contributed by atoms with E-state index in [2.05, 4.69) is 10.5 Å². The monoisotopic (exact) mass is 297 g/mol. The maximum Gasteiger partial charge on any atom is 0.256 e. The minimum Gasteiger partial charge on any atom is -0.409 e. The lowest BCUT2D eigenvalue weighted by Crippen LogP contribution is -2.39. The number of hydrogen-bond donors (Lipinski definition) is 3. The van der Waals surface area contributed by atoms with Crippen molar-refractivity contribution in [1.29, 1.82) is 0 Å². The van der Waals surface area contributed by atoms with Crippen LogP contribution in [-0.4, -0.2) is 29.2 Å². The lowest BCUT2D eigenvalue weighted by Gasteiger charge is -2.22. The maximum absolute atomic E-state index is 12.2. The standard InChI is InChI=1S/C13H16ClN3O3/c1-13(5-2-6-20-13)12(18)16-10-7-8(11(15)17-19)3-4-9(10)14/h3-4,7,19H,2,5-6H2,1H3,(H2,15,17)(H,16,18). The molecule has 0 bridgehead atoms. The largest absolute Gasteiger partial charge is 0.409 e. The van der Waals surface area contributed by atoms with Gasteiger partial charge in [0.15, 0.2) is 5.84 Å². The zero-order valence-electron chi connectivity index (χ0n) is 11.0. The Morgan fingerprint density at radius 1 is 1.60 bits per heavy atom. The summed E-state index contributed by atoms with van der Waals surface area (Å²) in [4.78, 5) is 12.2. The van der Waals surface area contributed by atoms with Crippen molar-refractivity contribution in [3.8, 4) is 0 Å². The Bertz CT molecular complexity index is 554. The quantitative estimate of drug-likeness (QED) is 0.344. The van der Waals surface area contributed by atoms with Crippen molar-refractivity contribution in [2.24, 2.45) is 10.9 Å². The fraction of sp³-hybridized carbons (Fsp3) is 0.385. The third kappa shape index (κ3) is 2.86. The third-order valence-corrected chi connectivity index (χ3v) is 3.65. The van der Waals surface area contributed by atoms with Crippen molar-refractivity contribution in [1.82, 2.24) is 0 Å². The highest BCUT2D eigenvalue weighted by molar-refractivity contribution is 6.34. The zero-order chi connectivity index (χ0) is 14.8. The predicted molar refractivity (Wildman–Crippen MR) is 76.2 cm³/mol. The molecule has 0 aromatic heterocycles. The van der Waals surface area contributed by atoms with Gasteiger partial charge in [-0.2, -0.15) is 0 Å². The molecule has 4 N–H and O–H groups in total. The Balaban J connectivity index is 2.22. The molecule has 1 amide bonds. The number of rotatable bonds is 3. The number of oxime groups is 1. The van der Waals surface area contributed by atoms with E-state index in [9.17, 15) is 4.79 Å². The number of amidine groups is 1. The van der Waals surface area contributed by atoms with E-state index in [4.69, 9.17) is 27.3 Å². The van der Waals surface area contributed by atoms with Crippen LogP contribution in [0.5, 0.6) is 0 Å². The molecule has 2 rings (SSSR count). The fourth-order valence-electron chi connectivity index (χ4n) is 2.05. The fourth-order valence-corrected chi connectivity index (χ4v) is 2.22. The summed E-state index contributed by atoms with van der Waals surface area (Å²) in [6, 6.07) is 4.72. The number of nitrogens with zero attached hydrogens (tertiary/aromatic N) is 1. The predicted octanol–water partition coefficient (Wildman–Crippen LogP) is 1.94. The van der Waals surface area contributed by atoms with Gasteiger partial charge in [0, 0.05) is 12.2 Å². The van der Waals surface area contributed by atoms with Gasteiger partial charge in [-0.05, 0) is 38.0 Å². The summed E-state index contributed by atoms with van der Waals surface area (Å²) >= 11 is 6.04. The van der Waals surface area contributed by atoms with Crippen LogP contribution in [0, 0.1) is 0 Å². The van der Waals surface area contributed by atoms with Crippen LogP contribution < -0.4 is 11.1 Å². The number of anilines is 1. The van der Waals surface area contributed by atoms with Crippen molar-refractivity contribution < 1.29 is 14.7 Å². The SMILES string of the molecule is CC1(C(=O)Nc2cc(/C(N)=N/O)ccc2Cl)CCCO1. The Kier molecular flexibility index (Phi) is 4.15. The average molecular weight is 298 g/mol. The van der Waals surface area contributed by atoms with Gasteiger partial charge in [-0.25, -0.2) is 0 Å². The van der Waals surface area contributed by atoms with Gasteiger partial charge in [0.05, 0.1) is 10.7 Å². The second kappa shape index (κ2) is 5.68. The maximum atomic E-state index is 12.2. The normalized spacial score (nSPS) is 22.8. The van der Waals surface area contributed by atoms with E-state index < -0.39 is 5.60 Å². The molecular weight excluding hydrogens is 282 g/mol. The highest BCUT2D eigenvalue weighted by atomic mass is 35.5. The molecule has 1 aliphatic rings. The number of carbonyl (C=O) groups is 1. The molecule has 0 radical (unpaired) electrons. The van der Waals surface area contributed by atoms with E-state index in [1.807, 2.05) is 0 Å². The van der Waals surface area contributed by atoms with E-state index in [0.29, 0.717) is 29.3 Å².